The summed E-state index contributed by atoms with van der Waals surface area (Å²) in [5.74, 6) is 0. The van der Waals surface area contributed by atoms with E-state index < -0.39 is 0 Å². The molecule has 0 aromatic heterocycles. The molecule has 18 heavy (non-hydrogen) atoms. The Morgan fingerprint density at radius 2 is 1.78 bits per heavy atom. The monoisotopic (exact) mass is 322 g/mol. The molecule has 4 N–H and O–H groups in total. The standard InChI is InChI=1S/C11H10Cl3N3S/c1-6-2-4-7(5-3-6)10(18-11(15)16)17-9(14)8(12)13/h2-5H,1H3,(H3,15,16)/p+1. The Morgan fingerprint density at radius 1 is 1.22 bits per heavy atom. The highest BCUT2D eigenvalue weighted by Crippen LogP contribution is 2.23. The maximum Gasteiger partial charge on any atom is 0.306 e. The molecular formula is C11H11Cl3N3S+. The van der Waals surface area contributed by atoms with Gasteiger partial charge >= 0.3 is 5.17 Å². The van der Waals surface area contributed by atoms with E-state index in [1.54, 1.807) is 0 Å². The lowest BCUT2D eigenvalue weighted by Crippen LogP contribution is -2.43. The number of thioether (sulfide) groups is 1. The van der Waals surface area contributed by atoms with Gasteiger partial charge in [-0.1, -0.05) is 64.6 Å². The molecule has 0 aliphatic rings. The first-order valence-corrected chi connectivity index (χ1v) is 6.77. The molecule has 0 aliphatic carbocycles. The van der Waals surface area contributed by atoms with Gasteiger partial charge in [0.05, 0.1) is 0 Å². The second kappa shape index (κ2) is 7.04. The maximum absolute atomic E-state index is 5.80. The normalized spacial score (nSPS) is 11.2. The van der Waals surface area contributed by atoms with Crippen molar-refractivity contribution in [3.05, 3.63) is 45.0 Å². The Kier molecular flexibility index (Phi) is 6.02. The number of nitrogens with zero attached hydrogens (tertiary/aromatic N) is 1. The molecular weight excluding hydrogens is 313 g/mol. The number of nitrogens with two attached hydrogens (primary N) is 2. The minimum absolute atomic E-state index is 0.0114. The van der Waals surface area contributed by atoms with Crippen LogP contribution in [0.2, 0.25) is 0 Å². The molecule has 96 valence electrons. The number of hydrogen-bond acceptors (Lipinski definition) is 2. The fourth-order valence-electron chi connectivity index (χ4n) is 1.09. The Bertz CT molecular complexity index is 505. The van der Waals surface area contributed by atoms with E-state index in [2.05, 4.69) is 4.99 Å². The summed E-state index contributed by atoms with van der Waals surface area (Å²) in [7, 11) is 0. The zero-order valence-corrected chi connectivity index (χ0v) is 12.5. The second-order valence-electron chi connectivity index (χ2n) is 3.34. The molecule has 0 fully saturated rings. The Hall–Kier alpha value is -0.680. The number of aryl methyl sites for hydroxylation is 1. The summed E-state index contributed by atoms with van der Waals surface area (Å²) in [5.41, 5.74) is 7.42. The number of hydrogen-bond donors (Lipinski definition) is 2. The van der Waals surface area contributed by atoms with E-state index in [0.717, 1.165) is 22.9 Å². The number of benzene rings is 1. The van der Waals surface area contributed by atoms with Crippen LogP contribution in [0.4, 0.5) is 0 Å². The van der Waals surface area contributed by atoms with Crippen molar-refractivity contribution in [1.29, 1.82) is 0 Å². The predicted molar refractivity (Wildman–Crippen MR) is 81.0 cm³/mol. The quantitative estimate of drug-likeness (QED) is 0.498. The highest BCUT2D eigenvalue weighted by atomic mass is 35.5. The molecule has 3 nitrogen and oxygen atoms in total. The lowest BCUT2D eigenvalue weighted by atomic mass is 10.2. The van der Waals surface area contributed by atoms with Gasteiger partial charge in [0.1, 0.15) is 9.54 Å². The summed E-state index contributed by atoms with van der Waals surface area (Å²) < 4.78 is -0.113. The SMILES string of the molecule is Cc1ccc(C(=NC(Cl)=C(Cl)Cl)SC(N)=[NH2+])cc1. The zero-order chi connectivity index (χ0) is 13.7. The molecule has 7 heteroatoms. The number of rotatable bonds is 2. The molecule has 0 aliphatic heterocycles. The van der Waals surface area contributed by atoms with E-state index in [0.29, 0.717) is 5.04 Å². The van der Waals surface area contributed by atoms with Gasteiger partial charge in [0.15, 0.2) is 5.16 Å². The van der Waals surface area contributed by atoms with E-state index in [9.17, 15) is 0 Å². The average molecular weight is 324 g/mol. The van der Waals surface area contributed by atoms with Gasteiger partial charge in [-0.2, -0.15) is 0 Å². The summed E-state index contributed by atoms with van der Waals surface area (Å²) in [5, 5.41) is 6.14. The van der Waals surface area contributed by atoms with Crippen molar-refractivity contribution in [3.63, 3.8) is 0 Å². The molecule has 0 atom stereocenters. The lowest BCUT2D eigenvalue weighted by molar-refractivity contribution is -0.109. The minimum Gasteiger partial charge on any atom is -0.281 e. The first-order chi connectivity index (χ1) is 8.40. The molecule has 0 radical (unpaired) electrons. The number of halogens is 3. The average Bonchev–Trinajstić information content (AvgIpc) is 2.28. The molecule has 0 bridgehead atoms. The van der Waals surface area contributed by atoms with Crippen LogP contribution in [-0.4, -0.2) is 10.2 Å². The molecule has 1 aromatic carbocycles. The fraction of sp³-hybridized carbons (Fsp3) is 0.0909. The van der Waals surface area contributed by atoms with Gasteiger partial charge in [-0.3, -0.25) is 11.1 Å². The van der Waals surface area contributed by atoms with Gasteiger partial charge in [0.25, 0.3) is 0 Å². The first kappa shape index (κ1) is 15.4. The third-order valence-corrected chi connectivity index (χ3v) is 3.45. The van der Waals surface area contributed by atoms with Crippen LogP contribution in [0.5, 0.6) is 0 Å². The number of amidine groups is 1. The van der Waals surface area contributed by atoms with Crippen molar-refractivity contribution in [3.8, 4) is 0 Å². The van der Waals surface area contributed by atoms with Crippen molar-refractivity contribution in [1.82, 2.24) is 0 Å². The number of aliphatic imine (C=N–C) groups is 1. The van der Waals surface area contributed by atoms with E-state index >= 15 is 0 Å². The van der Waals surface area contributed by atoms with Crippen LogP contribution in [0.1, 0.15) is 11.1 Å². The molecule has 0 unspecified atom stereocenters. The first-order valence-electron chi connectivity index (χ1n) is 4.82. The zero-order valence-electron chi connectivity index (χ0n) is 9.45. The predicted octanol–water partition coefficient (Wildman–Crippen LogP) is 2.39. The van der Waals surface area contributed by atoms with Gasteiger partial charge in [0, 0.05) is 17.3 Å². The van der Waals surface area contributed by atoms with Crippen molar-refractivity contribution in [2.24, 2.45) is 10.7 Å². The molecule has 0 spiro atoms. The molecule has 1 rings (SSSR count). The van der Waals surface area contributed by atoms with Crippen LogP contribution in [0.15, 0.2) is 38.9 Å². The minimum atomic E-state index is -0.113. The molecule has 0 heterocycles. The van der Waals surface area contributed by atoms with Crippen LogP contribution < -0.4 is 11.1 Å². The highest BCUT2D eigenvalue weighted by Gasteiger charge is 2.11. The molecule has 0 saturated carbocycles. The van der Waals surface area contributed by atoms with Crippen molar-refractivity contribution >= 4 is 56.8 Å². The van der Waals surface area contributed by atoms with Crippen LogP contribution >= 0.6 is 46.6 Å². The van der Waals surface area contributed by atoms with Crippen molar-refractivity contribution < 1.29 is 5.41 Å². The molecule has 1 aromatic rings. The van der Waals surface area contributed by atoms with Gasteiger partial charge in [-0.15, -0.1) is 0 Å². The van der Waals surface area contributed by atoms with Crippen LogP contribution in [0.25, 0.3) is 0 Å². The second-order valence-corrected chi connectivity index (χ2v) is 5.71. The van der Waals surface area contributed by atoms with Crippen LogP contribution in [0, 0.1) is 6.92 Å². The molecule has 0 amide bonds. The molecule has 0 saturated heterocycles. The van der Waals surface area contributed by atoms with Crippen LogP contribution in [0.3, 0.4) is 0 Å². The van der Waals surface area contributed by atoms with E-state index in [1.165, 1.54) is 0 Å². The summed E-state index contributed by atoms with van der Waals surface area (Å²) in [6, 6.07) is 7.66. The lowest BCUT2D eigenvalue weighted by Gasteiger charge is -2.03. The Balaban J connectivity index is 3.17. The summed E-state index contributed by atoms with van der Waals surface area (Å²) >= 11 is 18.0. The smallest absolute Gasteiger partial charge is 0.281 e. The maximum atomic E-state index is 5.80. The van der Waals surface area contributed by atoms with E-state index in [1.807, 2.05) is 31.2 Å². The summed E-state index contributed by atoms with van der Waals surface area (Å²) in [4.78, 5) is 4.10. The van der Waals surface area contributed by atoms with E-state index in [-0.39, 0.29) is 14.8 Å². The largest absolute Gasteiger partial charge is 0.306 e. The third-order valence-electron chi connectivity index (χ3n) is 1.87. The van der Waals surface area contributed by atoms with Gasteiger partial charge < -0.3 is 0 Å². The van der Waals surface area contributed by atoms with Crippen LogP contribution in [-0.2, 0) is 0 Å². The van der Waals surface area contributed by atoms with Gasteiger partial charge in [-0.25, -0.2) is 4.99 Å². The van der Waals surface area contributed by atoms with Gasteiger partial charge in [-0.05, 0) is 6.92 Å². The topological polar surface area (TPSA) is 64.0 Å². The van der Waals surface area contributed by atoms with Crippen molar-refractivity contribution in [2.75, 3.05) is 0 Å². The Morgan fingerprint density at radius 3 is 2.22 bits per heavy atom. The van der Waals surface area contributed by atoms with Gasteiger partial charge in [0.2, 0.25) is 0 Å². The summed E-state index contributed by atoms with van der Waals surface area (Å²) in [6.07, 6.45) is 0. The Labute approximate surface area is 125 Å². The highest BCUT2D eigenvalue weighted by molar-refractivity contribution is 8.26. The van der Waals surface area contributed by atoms with Crippen molar-refractivity contribution in [2.45, 2.75) is 6.92 Å². The van der Waals surface area contributed by atoms with E-state index in [4.69, 9.17) is 45.9 Å². The fourth-order valence-corrected chi connectivity index (χ4v) is 1.92. The third kappa shape index (κ3) is 4.90. The summed E-state index contributed by atoms with van der Waals surface area (Å²) in [6.45, 7) is 1.99.